The van der Waals surface area contributed by atoms with Crippen LogP contribution in [0.4, 0.5) is 0 Å². The number of benzene rings is 1. The zero-order valence-electron chi connectivity index (χ0n) is 10.7. The molecule has 1 aromatic carbocycles. The average molecular weight is 224 g/mol. The van der Waals surface area contributed by atoms with Crippen LogP contribution in [0, 0.1) is 0 Å². The van der Waals surface area contributed by atoms with E-state index in [0.29, 0.717) is 0 Å². The van der Waals surface area contributed by atoms with E-state index in [1.54, 1.807) is 0 Å². The predicted molar refractivity (Wildman–Crippen MR) is 77.9 cm³/mol. The Bertz CT molecular complexity index is 441. The minimum atomic E-state index is 0.984. The van der Waals surface area contributed by atoms with Gasteiger partial charge in [-0.1, -0.05) is 72.9 Å². The highest BCUT2D eigenvalue weighted by Gasteiger charge is 1.94. The van der Waals surface area contributed by atoms with Gasteiger partial charge in [-0.15, -0.1) is 0 Å². The smallest absolute Gasteiger partial charge is 0.00668 e. The Kier molecular flexibility index (Phi) is 5.22. The van der Waals surface area contributed by atoms with Gasteiger partial charge in [-0.2, -0.15) is 0 Å². The quantitative estimate of drug-likeness (QED) is 0.621. The molecule has 0 bridgehead atoms. The lowest BCUT2D eigenvalue weighted by molar-refractivity contribution is 1.14. The highest BCUT2D eigenvalue weighted by molar-refractivity contribution is 5.47. The molecule has 1 rings (SSSR count). The van der Waals surface area contributed by atoms with Gasteiger partial charge in [0.05, 0.1) is 0 Å². The molecule has 0 fully saturated rings. The fourth-order valence-corrected chi connectivity index (χ4v) is 1.49. The summed E-state index contributed by atoms with van der Waals surface area (Å²) in [5.41, 5.74) is 5.02. The maximum absolute atomic E-state index is 3.75. The molecule has 0 amide bonds. The first-order chi connectivity index (χ1) is 8.15. The molecular formula is C17H20. The van der Waals surface area contributed by atoms with E-state index in [2.05, 4.69) is 63.4 Å². The molecule has 1 aromatic rings. The third-order valence-electron chi connectivity index (χ3n) is 2.65. The van der Waals surface area contributed by atoms with Gasteiger partial charge in [0.1, 0.15) is 0 Å². The van der Waals surface area contributed by atoms with Crippen molar-refractivity contribution in [2.45, 2.75) is 20.3 Å². The highest BCUT2D eigenvalue weighted by atomic mass is 14.0. The van der Waals surface area contributed by atoms with Gasteiger partial charge in [-0.3, -0.25) is 0 Å². The Hall–Kier alpha value is -1.82. The Balaban J connectivity index is 2.70. The molecule has 88 valence electrons. The Morgan fingerprint density at radius 2 is 1.71 bits per heavy atom. The van der Waals surface area contributed by atoms with E-state index < -0.39 is 0 Å². The first-order valence-corrected chi connectivity index (χ1v) is 5.83. The number of hydrogen-bond acceptors (Lipinski definition) is 0. The van der Waals surface area contributed by atoms with E-state index in [-0.39, 0.29) is 0 Å². The third-order valence-corrected chi connectivity index (χ3v) is 2.65. The van der Waals surface area contributed by atoms with Gasteiger partial charge in [0.2, 0.25) is 0 Å². The molecule has 0 aliphatic rings. The normalized spacial score (nSPS) is 12.4. The summed E-state index contributed by atoms with van der Waals surface area (Å²) in [6, 6.07) is 8.50. The van der Waals surface area contributed by atoms with E-state index in [1.165, 1.54) is 16.7 Å². The fourth-order valence-electron chi connectivity index (χ4n) is 1.49. The van der Waals surface area contributed by atoms with Crippen LogP contribution >= 0.6 is 0 Å². The molecule has 0 N–H and O–H groups in total. The molecule has 0 aromatic heterocycles. The van der Waals surface area contributed by atoms with Crippen LogP contribution in [0.5, 0.6) is 0 Å². The maximum Gasteiger partial charge on any atom is -0.00668 e. The van der Waals surface area contributed by atoms with Crippen molar-refractivity contribution < 1.29 is 0 Å². The Morgan fingerprint density at radius 3 is 2.24 bits per heavy atom. The van der Waals surface area contributed by atoms with Crippen molar-refractivity contribution >= 4 is 6.08 Å². The third kappa shape index (κ3) is 4.69. The van der Waals surface area contributed by atoms with Crippen molar-refractivity contribution in [1.29, 1.82) is 0 Å². The van der Waals surface area contributed by atoms with Crippen LogP contribution in [0.25, 0.3) is 6.08 Å². The molecule has 0 aliphatic carbocycles. The maximum atomic E-state index is 3.75. The van der Waals surface area contributed by atoms with E-state index >= 15 is 0 Å². The molecular weight excluding hydrogens is 204 g/mol. The van der Waals surface area contributed by atoms with Crippen molar-refractivity contribution in [2.75, 3.05) is 0 Å². The minimum absolute atomic E-state index is 0.984. The van der Waals surface area contributed by atoms with Gasteiger partial charge < -0.3 is 0 Å². The van der Waals surface area contributed by atoms with Crippen molar-refractivity contribution in [3.05, 3.63) is 77.9 Å². The summed E-state index contributed by atoms with van der Waals surface area (Å²) in [7, 11) is 0. The SMILES string of the molecule is C=C/C(C)=C/C=C(\C)Cc1ccc(C=C)cc1. The Labute approximate surface area is 105 Å². The zero-order chi connectivity index (χ0) is 12.7. The lowest BCUT2D eigenvalue weighted by Gasteiger charge is -2.02. The second kappa shape index (κ2) is 6.70. The van der Waals surface area contributed by atoms with Gasteiger partial charge in [0, 0.05) is 0 Å². The molecule has 0 aliphatic heterocycles. The number of allylic oxidation sites excluding steroid dienone is 5. The summed E-state index contributed by atoms with van der Waals surface area (Å²) in [5.74, 6) is 0. The van der Waals surface area contributed by atoms with Crippen LogP contribution in [0.3, 0.4) is 0 Å². The van der Waals surface area contributed by atoms with Gasteiger partial charge in [0.25, 0.3) is 0 Å². The fraction of sp³-hybridized carbons (Fsp3) is 0.176. The molecule has 0 heterocycles. The zero-order valence-corrected chi connectivity index (χ0v) is 10.7. The van der Waals surface area contributed by atoms with Crippen molar-refractivity contribution in [3.8, 4) is 0 Å². The van der Waals surface area contributed by atoms with Crippen LogP contribution in [0.1, 0.15) is 25.0 Å². The topological polar surface area (TPSA) is 0 Å². The highest BCUT2D eigenvalue weighted by Crippen LogP contribution is 2.11. The molecule has 0 saturated heterocycles. The van der Waals surface area contributed by atoms with E-state index in [4.69, 9.17) is 0 Å². The summed E-state index contributed by atoms with van der Waals surface area (Å²) < 4.78 is 0. The molecule has 0 nitrogen and oxygen atoms in total. The molecule has 17 heavy (non-hydrogen) atoms. The number of rotatable bonds is 5. The first kappa shape index (κ1) is 13.2. The Morgan fingerprint density at radius 1 is 1.06 bits per heavy atom. The van der Waals surface area contributed by atoms with Crippen molar-refractivity contribution in [3.63, 3.8) is 0 Å². The summed E-state index contributed by atoms with van der Waals surface area (Å²) in [6.07, 6.45) is 8.96. The molecule has 0 saturated carbocycles. The largest absolute Gasteiger partial charge is 0.0988 e. The molecule has 0 atom stereocenters. The van der Waals surface area contributed by atoms with Crippen LogP contribution in [-0.2, 0) is 6.42 Å². The van der Waals surface area contributed by atoms with E-state index in [0.717, 1.165) is 12.0 Å². The van der Waals surface area contributed by atoms with E-state index in [9.17, 15) is 0 Å². The monoisotopic (exact) mass is 224 g/mol. The van der Waals surface area contributed by atoms with Crippen LogP contribution in [0.2, 0.25) is 0 Å². The lowest BCUT2D eigenvalue weighted by atomic mass is 10.0. The minimum Gasteiger partial charge on any atom is -0.0988 e. The average Bonchev–Trinajstić information content (AvgIpc) is 2.36. The predicted octanol–water partition coefficient (Wildman–Crippen LogP) is 4.95. The van der Waals surface area contributed by atoms with Crippen LogP contribution in [0.15, 0.2) is 66.8 Å². The van der Waals surface area contributed by atoms with Crippen molar-refractivity contribution in [2.24, 2.45) is 0 Å². The molecule has 0 unspecified atom stereocenters. The summed E-state index contributed by atoms with van der Waals surface area (Å²) in [6.45, 7) is 11.7. The summed E-state index contributed by atoms with van der Waals surface area (Å²) in [5, 5.41) is 0. The molecule has 0 spiro atoms. The first-order valence-electron chi connectivity index (χ1n) is 5.83. The van der Waals surface area contributed by atoms with Crippen molar-refractivity contribution in [1.82, 2.24) is 0 Å². The van der Waals surface area contributed by atoms with Gasteiger partial charge in [-0.05, 0) is 31.4 Å². The van der Waals surface area contributed by atoms with Crippen LogP contribution in [-0.4, -0.2) is 0 Å². The van der Waals surface area contributed by atoms with E-state index in [1.807, 2.05) is 12.2 Å². The van der Waals surface area contributed by atoms with Gasteiger partial charge in [0.15, 0.2) is 0 Å². The second-order valence-electron chi connectivity index (χ2n) is 4.25. The van der Waals surface area contributed by atoms with Gasteiger partial charge >= 0.3 is 0 Å². The number of hydrogen-bond donors (Lipinski definition) is 0. The standard InChI is InChI=1S/C17H20/c1-5-14(3)7-8-15(4)13-17-11-9-16(6-2)10-12-17/h5-12H,1-2,13H2,3-4H3/b14-7+,15-8+. The summed E-state index contributed by atoms with van der Waals surface area (Å²) >= 11 is 0. The summed E-state index contributed by atoms with van der Waals surface area (Å²) in [4.78, 5) is 0. The molecule has 0 radical (unpaired) electrons. The second-order valence-corrected chi connectivity index (χ2v) is 4.25. The van der Waals surface area contributed by atoms with Crippen LogP contribution < -0.4 is 0 Å². The molecule has 0 heteroatoms. The van der Waals surface area contributed by atoms with Gasteiger partial charge in [-0.25, -0.2) is 0 Å². The lowest BCUT2D eigenvalue weighted by Crippen LogP contribution is -1.86.